The van der Waals surface area contributed by atoms with Gasteiger partial charge in [0.05, 0.1) is 29.9 Å². The number of fused-ring (bicyclic) bond motifs is 1. The average Bonchev–Trinajstić information content (AvgIpc) is 3.07. The van der Waals surface area contributed by atoms with Crippen molar-refractivity contribution in [1.82, 2.24) is 19.9 Å². The zero-order chi connectivity index (χ0) is 19.1. The minimum Gasteiger partial charge on any atom is -0.379 e. The lowest BCUT2D eigenvalue weighted by molar-refractivity contribution is 0.131. The van der Waals surface area contributed by atoms with Crippen molar-refractivity contribution in [2.24, 2.45) is 0 Å². The molecule has 3 aromatic rings. The number of benzene rings is 1. The first kappa shape index (κ1) is 20.2. The molecular weight excluding hydrogens is 376 g/mol. The summed E-state index contributed by atoms with van der Waals surface area (Å²) < 4.78 is 5.68. The number of likely N-dealkylation sites (N-methyl/N-ethyl adjacent to an activating group) is 1. The number of para-hydroxylation sites is 2. The van der Waals surface area contributed by atoms with Crippen molar-refractivity contribution >= 4 is 34.6 Å². The molecule has 3 rings (SSSR count). The van der Waals surface area contributed by atoms with Crippen molar-refractivity contribution < 1.29 is 4.74 Å². The van der Waals surface area contributed by atoms with Crippen molar-refractivity contribution in [2.75, 3.05) is 39.6 Å². The molecule has 0 atom stereocenters. The van der Waals surface area contributed by atoms with E-state index in [0.29, 0.717) is 0 Å². The Kier molecular flexibility index (Phi) is 7.58. The van der Waals surface area contributed by atoms with Crippen LogP contribution in [0.2, 0.25) is 0 Å². The lowest BCUT2D eigenvalue weighted by Crippen LogP contribution is -2.18. The normalized spacial score (nSPS) is 11.6. The molecule has 0 radical (unpaired) electrons. The Balaban J connectivity index is 1.51. The van der Waals surface area contributed by atoms with Crippen LogP contribution < -0.4 is 0 Å². The highest BCUT2D eigenvalue weighted by molar-refractivity contribution is 7.99. The number of hydrogen-bond donors (Lipinski definition) is 1. The summed E-state index contributed by atoms with van der Waals surface area (Å²) >= 11 is 3.53. The molecular formula is C20H26N4OS2. The number of thioether (sulfide) groups is 2. The van der Waals surface area contributed by atoms with Crippen molar-refractivity contribution in [3.05, 3.63) is 47.8 Å². The fraction of sp³-hybridized carbons (Fsp3) is 0.400. The number of nitrogens with zero attached hydrogens (tertiary/aromatic N) is 3. The van der Waals surface area contributed by atoms with E-state index in [0.717, 1.165) is 53.1 Å². The summed E-state index contributed by atoms with van der Waals surface area (Å²) in [6, 6.07) is 10.2. The maximum atomic E-state index is 5.68. The lowest BCUT2D eigenvalue weighted by Gasteiger charge is -2.11. The summed E-state index contributed by atoms with van der Waals surface area (Å²) in [4.78, 5) is 16.0. The Hall–Kier alpha value is -1.54. The Morgan fingerprint density at radius 2 is 1.96 bits per heavy atom. The monoisotopic (exact) mass is 402 g/mol. The molecule has 27 heavy (non-hydrogen) atoms. The molecule has 0 spiro atoms. The number of pyridine rings is 1. The second kappa shape index (κ2) is 10.1. The summed E-state index contributed by atoms with van der Waals surface area (Å²) in [6.45, 7) is 4.66. The van der Waals surface area contributed by atoms with Gasteiger partial charge in [0.25, 0.3) is 0 Å². The molecule has 0 unspecified atom stereocenters. The van der Waals surface area contributed by atoms with Gasteiger partial charge >= 0.3 is 0 Å². The fourth-order valence-electron chi connectivity index (χ4n) is 2.56. The molecule has 7 heteroatoms. The van der Waals surface area contributed by atoms with E-state index in [1.54, 1.807) is 11.8 Å². The van der Waals surface area contributed by atoms with Crippen LogP contribution in [0.5, 0.6) is 0 Å². The van der Waals surface area contributed by atoms with E-state index in [2.05, 4.69) is 46.9 Å². The summed E-state index contributed by atoms with van der Waals surface area (Å²) in [7, 11) is 4.12. The third-order valence-electron chi connectivity index (χ3n) is 4.14. The van der Waals surface area contributed by atoms with Crippen LogP contribution in [0.25, 0.3) is 11.0 Å². The molecule has 0 aliphatic rings. The quantitative estimate of drug-likeness (QED) is 0.405. The van der Waals surface area contributed by atoms with Gasteiger partial charge in [0.2, 0.25) is 0 Å². The van der Waals surface area contributed by atoms with E-state index >= 15 is 0 Å². The van der Waals surface area contributed by atoms with Crippen LogP contribution in [0.3, 0.4) is 0 Å². The van der Waals surface area contributed by atoms with Crippen molar-refractivity contribution in [2.45, 2.75) is 22.7 Å². The fourth-order valence-corrected chi connectivity index (χ4v) is 4.38. The first-order valence-electron chi connectivity index (χ1n) is 9.01. The van der Waals surface area contributed by atoms with Gasteiger partial charge in [-0.05, 0) is 44.8 Å². The number of imidazole rings is 1. The van der Waals surface area contributed by atoms with E-state index in [4.69, 9.17) is 4.74 Å². The van der Waals surface area contributed by atoms with Gasteiger partial charge in [0, 0.05) is 29.1 Å². The van der Waals surface area contributed by atoms with Crippen LogP contribution in [-0.2, 0) is 10.5 Å². The molecule has 5 nitrogen and oxygen atoms in total. The average molecular weight is 403 g/mol. The summed E-state index contributed by atoms with van der Waals surface area (Å²) in [5, 5.41) is 0.935. The van der Waals surface area contributed by atoms with Crippen LogP contribution in [-0.4, -0.2) is 59.5 Å². The van der Waals surface area contributed by atoms with Crippen molar-refractivity contribution in [3.63, 3.8) is 0 Å². The maximum Gasteiger partial charge on any atom is 0.166 e. The smallest absolute Gasteiger partial charge is 0.166 e. The summed E-state index contributed by atoms with van der Waals surface area (Å²) in [5.74, 6) is 1.76. The minimum atomic E-state index is 0.767. The molecule has 2 heterocycles. The SMILES string of the molecule is Cc1c(SCCOCCN(C)C)ccnc1CSc1nc2ccccc2[nH]1. The minimum absolute atomic E-state index is 0.767. The third kappa shape index (κ3) is 5.97. The molecule has 1 N–H and O–H groups in total. The van der Waals surface area contributed by atoms with E-state index in [9.17, 15) is 0 Å². The van der Waals surface area contributed by atoms with Crippen LogP contribution in [0, 0.1) is 6.92 Å². The second-order valence-electron chi connectivity index (χ2n) is 6.49. The van der Waals surface area contributed by atoms with Gasteiger partial charge in [-0.1, -0.05) is 23.9 Å². The van der Waals surface area contributed by atoms with Crippen LogP contribution in [0.4, 0.5) is 0 Å². The molecule has 144 valence electrons. The molecule has 0 aliphatic heterocycles. The van der Waals surface area contributed by atoms with Crippen molar-refractivity contribution in [1.29, 1.82) is 0 Å². The Bertz CT molecular complexity index is 833. The number of hydrogen-bond acceptors (Lipinski definition) is 6. The van der Waals surface area contributed by atoms with Crippen LogP contribution in [0.15, 0.2) is 46.6 Å². The number of rotatable bonds is 10. The number of ether oxygens (including phenoxy) is 1. The first-order chi connectivity index (χ1) is 13.1. The van der Waals surface area contributed by atoms with Gasteiger partial charge in [-0.15, -0.1) is 11.8 Å². The largest absolute Gasteiger partial charge is 0.379 e. The molecule has 0 saturated heterocycles. The Labute approximate surface area is 169 Å². The van der Waals surface area contributed by atoms with Gasteiger partial charge in [0.1, 0.15) is 0 Å². The topological polar surface area (TPSA) is 54.0 Å². The molecule has 1 aromatic carbocycles. The van der Waals surface area contributed by atoms with Gasteiger partial charge in [-0.3, -0.25) is 4.98 Å². The predicted octanol–water partition coefficient (Wildman–Crippen LogP) is 4.23. The van der Waals surface area contributed by atoms with Gasteiger partial charge in [-0.2, -0.15) is 0 Å². The molecule has 0 bridgehead atoms. The summed E-state index contributed by atoms with van der Waals surface area (Å²) in [6.07, 6.45) is 1.90. The molecule has 0 saturated carbocycles. The zero-order valence-electron chi connectivity index (χ0n) is 16.1. The predicted molar refractivity (Wildman–Crippen MR) is 115 cm³/mol. The number of aromatic amines is 1. The van der Waals surface area contributed by atoms with E-state index in [-0.39, 0.29) is 0 Å². The number of H-pyrrole nitrogens is 1. The maximum absolute atomic E-state index is 5.68. The lowest BCUT2D eigenvalue weighted by atomic mass is 10.2. The number of aromatic nitrogens is 3. The van der Waals surface area contributed by atoms with Crippen LogP contribution in [0.1, 0.15) is 11.3 Å². The summed E-state index contributed by atoms with van der Waals surface area (Å²) in [5.41, 5.74) is 4.44. The van der Waals surface area contributed by atoms with Crippen molar-refractivity contribution in [3.8, 4) is 0 Å². The zero-order valence-corrected chi connectivity index (χ0v) is 17.7. The molecule has 0 fully saturated rings. The third-order valence-corrected chi connectivity index (χ3v) is 6.15. The highest BCUT2D eigenvalue weighted by atomic mass is 32.2. The van der Waals surface area contributed by atoms with Gasteiger partial charge in [0.15, 0.2) is 5.16 Å². The van der Waals surface area contributed by atoms with Gasteiger partial charge < -0.3 is 14.6 Å². The second-order valence-corrected chi connectivity index (χ2v) is 8.59. The first-order valence-corrected chi connectivity index (χ1v) is 11.0. The standard InChI is InChI=1S/C20H26N4OS2/c1-15-18(14-27-20-22-16-6-4-5-7-17(16)23-20)21-9-8-19(15)26-13-12-25-11-10-24(2)3/h4-9H,10-14H2,1-3H3,(H,22,23). The molecule has 0 amide bonds. The Morgan fingerprint density at radius 3 is 2.78 bits per heavy atom. The highest BCUT2D eigenvalue weighted by Gasteiger charge is 2.09. The molecule has 2 aromatic heterocycles. The van der Waals surface area contributed by atoms with E-state index in [1.165, 1.54) is 10.5 Å². The number of nitrogens with one attached hydrogen (secondary N) is 1. The van der Waals surface area contributed by atoms with E-state index in [1.807, 2.05) is 42.2 Å². The van der Waals surface area contributed by atoms with Gasteiger partial charge in [-0.25, -0.2) is 4.98 Å². The van der Waals surface area contributed by atoms with E-state index < -0.39 is 0 Å². The molecule has 0 aliphatic carbocycles. The highest BCUT2D eigenvalue weighted by Crippen LogP contribution is 2.28. The van der Waals surface area contributed by atoms with Crippen LogP contribution >= 0.6 is 23.5 Å². The Morgan fingerprint density at radius 1 is 1.11 bits per heavy atom.